The lowest BCUT2D eigenvalue weighted by atomic mass is 9.65. The van der Waals surface area contributed by atoms with E-state index < -0.39 is 0 Å². The molecule has 3 heteroatoms. The first-order valence-electron chi connectivity index (χ1n) is 7.34. The second-order valence-electron chi connectivity index (χ2n) is 7.04. The topological polar surface area (TPSA) is 26.0 Å². The summed E-state index contributed by atoms with van der Waals surface area (Å²) in [6.45, 7) is 8.02. The highest BCUT2D eigenvalue weighted by molar-refractivity contribution is 9.11. The van der Waals surface area contributed by atoms with Gasteiger partial charge in [0.25, 0.3) is 0 Å². The van der Waals surface area contributed by atoms with Crippen LogP contribution in [0.15, 0.2) is 15.9 Å². The van der Waals surface area contributed by atoms with Gasteiger partial charge in [0, 0.05) is 4.88 Å². The molecular weight excluding hydrogens is 318 g/mol. The van der Waals surface area contributed by atoms with E-state index in [-0.39, 0.29) is 0 Å². The molecule has 108 valence electrons. The molecule has 1 aliphatic carbocycles. The van der Waals surface area contributed by atoms with Gasteiger partial charge in [-0.1, -0.05) is 20.8 Å². The van der Waals surface area contributed by atoms with Crippen molar-refractivity contribution >= 4 is 27.3 Å². The largest absolute Gasteiger partial charge is 0.330 e. The molecule has 19 heavy (non-hydrogen) atoms. The van der Waals surface area contributed by atoms with Crippen LogP contribution >= 0.6 is 27.3 Å². The molecule has 0 aliphatic heterocycles. The first-order chi connectivity index (χ1) is 8.90. The van der Waals surface area contributed by atoms with Crippen molar-refractivity contribution in [2.75, 3.05) is 6.54 Å². The van der Waals surface area contributed by atoms with Gasteiger partial charge in [-0.05, 0) is 83.5 Å². The smallest absolute Gasteiger partial charge is 0.0701 e. The van der Waals surface area contributed by atoms with Crippen LogP contribution in [0.4, 0.5) is 0 Å². The molecule has 1 saturated carbocycles. The molecule has 3 atom stereocenters. The van der Waals surface area contributed by atoms with Gasteiger partial charge in [0.15, 0.2) is 0 Å². The Balaban J connectivity index is 2.05. The molecule has 2 N–H and O–H groups in total. The van der Waals surface area contributed by atoms with E-state index >= 15 is 0 Å². The summed E-state index contributed by atoms with van der Waals surface area (Å²) in [5, 5.41) is 0. The molecule has 1 aliphatic rings. The lowest BCUT2D eigenvalue weighted by Gasteiger charge is -2.41. The van der Waals surface area contributed by atoms with Crippen molar-refractivity contribution in [3.05, 3.63) is 20.8 Å². The number of hydrogen-bond donors (Lipinski definition) is 1. The lowest BCUT2D eigenvalue weighted by molar-refractivity contribution is 0.101. The standard InChI is InChI=1S/C16H26BrNS/c1-16(2,3)13-5-4-11(10-18)12(8-13)9-14-6-7-15(17)19-14/h6-7,11-13H,4-5,8-10,18H2,1-3H3. The second kappa shape index (κ2) is 6.28. The normalized spacial score (nSPS) is 28.6. The second-order valence-corrected chi connectivity index (χ2v) is 9.59. The lowest BCUT2D eigenvalue weighted by Crippen LogP contribution is -2.35. The van der Waals surface area contributed by atoms with Crippen molar-refractivity contribution < 1.29 is 0 Å². The van der Waals surface area contributed by atoms with Gasteiger partial charge >= 0.3 is 0 Å². The van der Waals surface area contributed by atoms with Crippen LogP contribution in [-0.4, -0.2) is 6.54 Å². The Labute approximate surface area is 130 Å². The predicted octanol–water partition coefficient (Wildman–Crippen LogP) is 5.09. The summed E-state index contributed by atoms with van der Waals surface area (Å²) < 4.78 is 1.25. The van der Waals surface area contributed by atoms with Gasteiger partial charge in [-0.15, -0.1) is 11.3 Å². The zero-order valence-corrected chi connectivity index (χ0v) is 14.7. The van der Waals surface area contributed by atoms with E-state index in [2.05, 4.69) is 48.8 Å². The Hall–Kier alpha value is 0.140. The minimum absolute atomic E-state index is 0.438. The van der Waals surface area contributed by atoms with Crippen LogP contribution in [-0.2, 0) is 6.42 Å². The van der Waals surface area contributed by atoms with Crippen LogP contribution in [0, 0.1) is 23.2 Å². The fourth-order valence-electron chi connectivity index (χ4n) is 3.39. The summed E-state index contributed by atoms with van der Waals surface area (Å²) >= 11 is 5.45. The predicted molar refractivity (Wildman–Crippen MR) is 88.6 cm³/mol. The van der Waals surface area contributed by atoms with Crippen molar-refractivity contribution in [3.63, 3.8) is 0 Å². The van der Waals surface area contributed by atoms with Crippen molar-refractivity contribution in [2.24, 2.45) is 28.9 Å². The Kier molecular flexibility index (Phi) is 5.13. The van der Waals surface area contributed by atoms with Crippen molar-refractivity contribution in [1.29, 1.82) is 0 Å². The zero-order valence-electron chi connectivity index (χ0n) is 12.3. The molecule has 0 radical (unpaired) electrons. The van der Waals surface area contributed by atoms with Gasteiger partial charge < -0.3 is 5.73 Å². The Morgan fingerprint density at radius 3 is 2.53 bits per heavy atom. The van der Waals surface area contributed by atoms with Gasteiger partial charge in [-0.2, -0.15) is 0 Å². The van der Waals surface area contributed by atoms with Gasteiger partial charge in [-0.25, -0.2) is 0 Å². The van der Waals surface area contributed by atoms with E-state index in [1.165, 1.54) is 34.3 Å². The molecule has 3 unspecified atom stereocenters. The molecule has 0 bridgehead atoms. The molecule has 0 spiro atoms. The quantitative estimate of drug-likeness (QED) is 0.812. The number of halogens is 1. The molecule has 1 aromatic heterocycles. The molecule has 1 heterocycles. The van der Waals surface area contributed by atoms with Gasteiger partial charge in [0.1, 0.15) is 0 Å². The Morgan fingerprint density at radius 1 is 1.26 bits per heavy atom. The summed E-state index contributed by atoms with van der Waals surface area (Å²) in [5.74, 6) is 2.34. The third kappa shape index (κ3) is 4.05. The van der Waals surface area contributed by atoms with Crippen LogP contribution in [0.2, 0.25) is 0 Å². The maximum atomic E-state index is 6.00. The SMILES string of the molecule is CC(C)(C)C1CCC(CN)C(Cc2ccc(Br)s2)C1. The minimum atomic E-state index is 0.438. The van der Waals surface area contributed by atoms with Gasteiger partial charge in [-0.3, -0.25) is 0 Å². The van der Waals surface area contributed by atoms with Crippen molar-refractivity contribution in [2.45, 2.75) is 46.5 Å². The first-order valence-corrected chi connectivity index (χ1v) is 8.95. The summed E-state index contributed by atoms with van der Waals surface area (Å²) in [6, 6.07) is 4.44. The molecular formula is C16H26BrNS. The molecule has 0 saturated heterocycles. The Bertz CT molecular complexity index is 407. The highest BCUT2D eigenvalue weighted by atomic mass is 79.9. The summed E-state index contributed by atoms with van der Waals surface area (Å²) in [7, 11) is 0. The zero-order chi connectivity index (χ0) is 14.0. The van der Waals surface area contributed by atoms with E-state index in [4.69, 9.17) is 5.73 Å². The van der Waals surface area contributed by atoms with Gasteiger partial charge in [0.05, 0.1) is 3.79 Å². The summed E-state index contributed by atoms with van der Waals surface area (Å²) in [6.07, 6.45) is 5.23. The van der Waals surface area contributed by atoms with Crippen molar-refractivity contribution in [3.8, 4) is 0 Å². The molecule has 0 aromatic carbocycles. The minimum Gasteiger partial charge on any atom is -0.330 e. The van der Waals surface area contributed by atoms with Crippen LogP contribution < -0.4 is 5.73 Å². The van der Waals surface area contributed by atoms with E-state index in [1.807, 2.05) is 11.3 Å². The maximum absolute atomic E-state index is 6.00. The first kappa shape index (κ1) is 15.5. The number of thiophene rings is 1. The third-order valence-electron chi connectivity index (χ3n) is 4.76. The van der Waals surface area contributed by atoms with Crippen LogP contribution in [0.3, 0.4) is 0 Å². The monoisotopic (exact) mass is 343 g/mol. The van der Waals surface area contributed by atoms with E-state index in [0.717, 1.165) is 24.3 Å². The van der Waals surface area contributed by atoms with Gasteiger partial charge in [0.2, 0.25) is 0 Å². The third-order valence-corrected chi connectivity index (χ3v) is 6.41. The highest BCUT2D eigenvalue weighted by Crippen LogP contribution is 2.44. The molecule has 1 fully saturated rings. The van der Waals surface area contributed by atoms with Crippen LogP contribution in [0.25, 0.3) is 0 Å². The summed E-state index contributed by atoms with van der Waals surface area (Å²) in [4.78, 5) is 1.50. The fraction of sp³-hybridized carbons (Fsp3) is 0.750. The maximum Gasteiger partial charge on any atom is 0.0701 e. The average molecular weight is 344 g/mol. The highest BCUT2D eigenvalue weighted by Gasteiger charge is 2.35. The number of hydrogen-bond acceptors (Lipinski definition) is 2. The van der Waals surface area contributed by atoms with Crippen LogP contribution in [0.1, 0.15) is 44.9 Å². The van der Waals surface area contributed by atoms with E-state index in [9.17, 15) is 0 Å². The molecule has 0 amide bonds. The van der Waals surface area contributed by atoms with E-state index in [0.29, 0.717) is 5.41 Å². The Morgan fingerprint density at radius 2 is 2.00 bits per heavy atom. The number of rotatable bonds is 3. The number of nitrogens with two attached hydrogens (primary N) is 1. The van der Waals surface area contributed by atoms with Crippen molar-refractivity contribution in [1.82, 2.24) is 0 Å². The molecule has 1 aromatic rings. The molecule has 1 nitrogen and oxygen atoms in total. The summed E-state index contributed by atoms with van der Waals surface area (Å²) in [5.41, 5.74) is 6.44. The average Bonchev–Trinajstić information content (AvgIpc) is 2.73. The van der Waals surface area contributed by atoms with Crippen LogP contribution in [0.5, 0.6) is 0 Å². The van der Waals surface area contributed by atoms with E-state index in [1.54, 1.807) is 0 Å². The fourth-order valence-corrected chi connectivity index (χ4v) is 4.97. The molecule has 2 rings (SSSR count).